The Hall–Kier alpha value is -1.15. The summed E-state index contributed by atoms with van der Waals surface area (Å²) >= 11 is 0. The van der Waals surface area contributed by atoms with E-state index in [1.54, 1.807) is 0 Å². The molecule has 0 atom stereocenters. The van der Waals surface area contributed by atoms with Crippen LogP contribution in [0.2, 0.25) is 0 Å². The van der Waals surface area contributed by atoms with Crippen molar-refractivity contribution in [3.05, 3.63) is 35.4 Å². The molecule has 1 aliphatic heterocycles. The summed E-state index contributed by atoms with van der Waals surface area (Å²) in [4.78, 5) is 12.2. The fraction of sp³-hybridized carbons (Fsp3) is 0.562. The maximum Gasteiger partial charge on any atom is 0.163 e. The number of hydrogen-bond donors (Lipinski definition) is 1. The number of ketones is 1. The summed E-state index contributed by atoms with van der Waals surface area (Å²) in [7, 11) is 0. The zero-order valence-electron chi connectivity index (χ0n) is 11.2. The van der Waals surface area contributed by atoms with Gasteiger partial charge in [-0.1, -0.05) is 31.5 Å². The van der Waals surface area contributed by atoms with Crippen molar-refractivity contribution < 1.29 is 4.79 Å². The van der Waals surface area contributed by atoms with Gasteiger partial charge in [-0.05, 0) is 49.9 Å². The molecule has 0 amide bonds. The Bertz CT molecular complexity index is 394. The molecule has 0 radical (unpaired) electrons. The van der Waals surface area contributed by atoms with E-state index in [0.717, 1.165) is 50.8 Å². The van der Waals surface area contributed by atoms with Crippen LogP contribution in [0.25, 0.3) is 0 Å². The largest absolute Gasteiger partial charge is 0.317 e. The zero-order chi connectivity index (χ0) is 12.8. The lowest BCUT2D eigenvalue weighted by Crippen LogP contribution is -2.28. The molecule has 0 unspecified atom stereocenters. The van der Waals surface area contributed by atoms with E-state index in [1.165, 1.54) is 5.56 Å². The van der Waals surface area contributed by atoms with E-state index in [0.29, 0.717) is 11.7 Å². The molecule has 0 bridgehead atoms. The Kier molecular flexibility index (Phi) is 4.94. The predicted molar refractivity (Wildman–Crippen MR) is 75.0 cm³/mol. The highest BCUT2D eigenvalue weighted by Gasteiger charge is 2.17. The van der Waals surface area contributed by atoms with Gasteiger partial charge in [0.05, 0.1) is 0 Å². The Morgan fingerprint density at radius 1 is 1.33 bits per heavy atom. The number of carbonyl (C=O) groups excluding carboxylic acids is 1. The van der Waals surface area contributed by atoms with E-state index in [4.69, 9.17) is 0 Å². The highest BCUT2D eigenvalue weighted by atomic mass is 16.1. The van der Waals surface area contributed by atoms with Crippen LogP contribution in [0.15, 0.2) is 24.3 Å². The maximum atomic E-state index is 12.2. The summed E-state index contributed by atoms with van der Waals surface area (Å²) in [5.74, 6) is 0.897. The molecule has 2 nitrogen and oxygen atoms in total. The van der Waals surface area contributed by atoms with Gasteiger partial charge in [0.1, 0.15) is 0 Å². The summed E-state index contributed by atoms with van der Waals surface area (Å²) in [5.41, 5.74) is 2.19. The lowest BCUT2D eigenvalue weighted by molar-refractivity contribution is 0.0952. The summed E-state index contributed by atoms with van der Waals surface area (Å²) < 4.78 is 0. The number of benzene rings is 1. The van der Waals surface area contributed by atoms with Crippen molar-refractivity contribution in [3.8, 4) is 0 Å². The molecule has 2 rings (SSSR count). The van der Waals surface area contributed by atoms with Gasteiger partial charge >= 0.3 is 0 Å². The quantitative estimate of drug-likeness (QED) is 0.807. The molecule has 1 aromatic carbocycles. The van der Waals surface area contributed by atoms with Crippen molar-refractivity contribution in [2.45, 2.75) is 39.0 Å². The molecule has 0 saturated carbocycles. The van der Waals surface area contributed by atoms with Gasteiger partial charge < -0.3 is 5.32 Å². The van der Waals surface area contributed by atoms with E-state index in [1.807, 2.05) is 12.1 Å². The minimum Gasteiger partial charge on any atom is -0.317 e. The molecular weight excluding hydrogens is 222 g/mol. The molecule has 1 aromatic rings. The van der Waals surface area contributed by atoms with E-state index < -0.39 is 0 Å². The first-order valence-corrected chi connectivity index (χ1v) is 7.12. The van der Waals surface area contributed by atoms with Gasteiger partial charge in [-0.2, -0.15) is 0 Å². The molecule has 1 heterocycles. The summed E-state index contributed by atoms with van der Waals surface area (Å²) in [6.45, 7) is 4.30. The Morgan fingerprint density at radius 3 is 2.83 bits per heavy atom. The molecule has 1 aliphatic rings. The minimum absolute atomic E-state index is 0.319. The second-order valence-corrected chi connectivity index (χ2v) is 5.27. The van der Waals surface area contributed by atoms with Crippen molar-refractivity contribution in [2.24, 2.45) is 5.92 Å². The fourth-order valence-corrected chi connectivity index (χ4v) is 2.65. The molecule has 0 aromatic heterocycles. The predicted octanol–water partition coefficient (Wildman–Crippen LogP) is 3.21. The van der Waals surface area contributed by atoms with E-state index in [9.17, 15) is 4.79 Å². The van der Waals surface area contributed by atoms with Crippen molar-refractivity contribution in [3.63, 3.8) is 0 Å². The minimum atomic E-state index is 0.319. The van der Waals surface area contributed by atoms with Crippen LogP contribution in [0.3, 0.4) is 0 Å². The Balaban J connectivity index is 1.96. The van der Waals surface area contributed by atoms with Gasteiger partial charge in [0.25, 0.3) is 0 Å². The Morgan fingerprint density at radius 2 is 2.11 bits per heavy atom. The number of nitrogens with one attached hydrogen (secondary N) is 1. The highest BCUT2D eigenvalue weighted by molar-refractivity contribution is 5.96. The van der Waals surface area contributed by atoms with E-state index in [-0.39, 0.29) is 0 Å². The average Bonchev–Trinajstić information content (AvgIpc) is 2.40. The van der Waals surface area contributed by atoms with Crippen molar-refractivity contribution >= 4 is 5.78 Å². The molecular formula is C16H23NO. The molecule has 0 spiro atoms. The van der Waals surface area contributed by atoms with Crippen LogP contribution in [0.5, 0.6) is 0 Å². The average molecular weight is 245 g/mol. The van der Waals surface area contributed by atoms with Crippen molar-refractivity contribution in [1.82, 2.24) is 5.32 Å². The molecule has 2 heteroatoms. The summed E-state index contributed by atoms with van der Waals surface area (Å²) in [6.07, 6.45) is 5.19. The van der Waals surface area contributed by atoms with E-state index in [2.05, 4.69) is 24.4 Å². The fourth-order valence-electron chi connectivity index (χ4n) is 2.65. The monoisotopic (exact) mass is 245 g/mol. The van der Waals surface area contributed by atoms with Gasteiger partial charge in [0, 0.05) is 12.0 Å². The molecule has 18 heavy (non-hydrogen) atoms. The van der Waals surface area contributed by atoms with Gasteiger partial charge in [-0.25, -0.2) is 0 Å². The number of rotatable bonds is 5. The van der Waals surface area contributed by atoms with Crippen molar-refractivity contribution in [1.29, 1.82) is 0 Å². The SMILES string of the molecule is CCCc1cccc(C(=O)CC2CCNCC2)c1. The van der Waals surface area contributed by atoms with Gasteiger partial charge in [0.15, 0.2) is 5.78 Å². The van der Waals surface area contributed by atoms with Crippen LogP contribution in [-0.2, 0) is 6.42 Å². The first-order chi connectivity index (χ1) is 8.79. The molecule has 1 N–H and O–H groups in total. The molecule has 0 aliphatic carbocycles. The van der Waals surface area contributed by atoms with Gasteiger partial charge in [-0.15, -0.1) is 0 Å². The number of piperidine rings is 1. The molecule has 98 valence electrons. The lowest BCUT2D eigenvalue weighted by atomic mass is 9.90. The topological polar surface area (TPSA) is 29.1 Å². The Labute approximate surface area is 110 Å². The van der Waals surface area contributed by atoms with Crippen LogP contribution < -0.4 is 5.32 Å². The number of carbonyl (C=O) groups is 1. The maximum absolute atomic E-state index is 12.2. The summed E-state index contributed by atoms with van der Waals surface area (Å²) in [5, 5.41) is 3.34. The first kappa shape index (κ1) is 13.3. The van der Waals surface area contributed by atoms with Crippen LogP contribution in [0.1, 0.15) is 48.5 Å². The number of aryl methyl sites for hydroxylation is 1. The second-order valence-electron chi connectivity index (χ2n) is 5.27. The molecule has 1 fully saturated rings. The first-order valence-electron chi connectivity index (χ1n) is 7.12. The third kappa shape index (κ3) is 3.67. The normalized spacial score (nSPS) is 16.7. The van der Waals surface area contributed by atoms with Crippen LogP contribution in [-0.4, -0.2) is 18.9 Å². The zero-order valence-corrected chi connectivity index (χ0v) is 11.2. The summed E-state index contributed by atoms with van der Waals surface area (Å²) in [6, 6.07) is 8.17. The van der Waals surface area contributed by atoms with Crippen LogP contribution in [0, 0.1) is 5.92 Å². The highest BCUT2D eigenvalue weighted by Crippen LogP contribution is 2.19. The lowest BCUT2D eigenvalue weighted by Gasteiger charge is -2.21. The van der Waals surface area contributed by atoms with Gasteiger partial charge in [-0.3, -0.25) is 4.79 Å². The molecule has 1 saturated heterocycles. The number of hydrogen-bond acceptors (Lipinski definition) is 2. The van der Waals surface area contributed by atoms with Gasteiger partial charge in [0.2, 0.25) is 0 Å². The third-order valence-corrected chi connectivity index (χ3v) is 3.72. The smallest absolute Gasteiger partial charge is 0.163 e. The van der Waals surface area contributed by atoms with E-state index >= 15 is 0 Å². The van der Waals surface area contributed by atoms with Crippen LogP contribution >= 0.6 is 0 Å². The van der Waals surface area contributed by atoms with Crippen LogP contribution in [0.4, 0.5) is 0 Å². The second kappa shape index (κ2) is 6.69. The number of Topliss-reactive ketones (excluding diaryl/α,β-unsaturated/α-hetero) is 1. The standard InChI is InChI=1S/C16H23NO/c1-2-4-13-5-3-6-15(11-13)16(18)12-14-7-9-17-10-8-14/h3,5-6,11,14,17H,2,4,7-10,12H2,1H3. The third-order valence-electron chi connectivity index (χ3n) is 3.72. The van der Waals surface area contributed by atoms with Crippen molar-refractivity contribution in [2.75, 3.05) is 13.1 Å².